The van der Waals surface area contributed by atoms with Crippen molar-refractivity contribution in [3.63, 3.8) is 0 Å². The van der Waals surface area contributed by atoms with E-state index in [1.807, 2.05) is 39.8 Å². The molecule has 1 saturated heterocycles. The van der Waals surface area contributed by atoms with Gasteiger partial charge in [-0.05, 0) is 38.3 Å². The number of ether oxygens (including phenoxy) is 1. The molecule has 3 N–H and O–H groups in total. The summed E-state index contributed by atoms with van der Waals surface area (Å²) in [5.41, 5.74) is 8.49. The summed E-state index contributed by atoms with van der Waals surface area (Å²) < 4.78 is 5.87. The van der Waals surface area contributed by atoms with Crippen molar-refractivity contribution >= 4 is 11.6 Å². The van der Waals surface area contributed by atoms with Crippen LogP contribution in [0.15, 0.2) is 18.2 Å². The van der Waals surface area contributed by atoms with Gasteiger partial charge in [-0.25, -0.2) is 0 Å². The lowest BCUT2D eigenvalue weighted by Gasteiger charge is -2.65. The average Bonchev–Trinajstić information content (AvgIpc) is 2.49. The monoisotopic (exact) mass is 302 g/mol. The maximum absolute atomic E-state index is 12.9. The van der Waals surface area contributed by atoms with Crippen LogP contribution in [0.2, 0.25) is 0 Å². The number of hydrogen-bond acceptors (Lipinski definition) is 3. The Morgan fingerprint density at radius 2 is 2.09 bits per heavy atom. The molecular weight excluding hydrogens is 276 g/mol. The molecule has 1 heterocycles. The second kappa shape index (κ2) is 5.07. The molecule has 120 valence electrons. The highest BCUT2D eigenvalue weighted by Gasteiger charge is 2.70. The summed E-state index contributed by atoms with van der Waals surface area (Å²) in [7, 11) is 0. The van der Waals surface area contributed by atoms with Crippen molar-refractivity contribution in [1.82, 2.24) is 0 Å². The zero-order chi connectivity index (χ0) is 16.1. The number of carbonyl (C=O) groups is 1. The van der Waals surface area contributed by atoms with Crippen LogP contribution in [0, 0.1) is 25.2 Å². The summed E-state index contributed by atoms with van der Waals surface area (Å²) in [6, 6.07) is 6.02. The van der Waals surface area contributed by atoms with Crippen LogP contribution in [-0.4, -0.2) is 24.2 Å². The molecule has 0 radical (unpaired) electrons. The maximum atomic E-state index is 12.9. The van der Waals surface area contributed by atoms with Crippen LogP contribution < -0.4 is 11.1 Å². The average molecular weight is 302 g/mol. The van der Waals surface area contributed by atoms with Crippen LogP contribution >= 0.6 is 0 Å². The second-order valence-corrected chi connectivity index (χ2v) is 7.40. The number of carbonyl (C=O) groups excluding carboxylic acids is 1. The van der Waals surface area contributed by atoms with Crippen molar-refractivity contribution in [3.05, 3.63) is 29.3 Å². The molecule has 3 unspecified atom stereocenters. The van der Waals surface area contributed by atoms with Crippen molar-refractivity contribution in [2.24, 2.45) is 17.1 Å². The zero-order valence-corrected chi connectivity index (χ0v) is 13.9. The van der Waals surface area contributed by atoms with Gasteiger partial charge in [0.15, 0.2) is 0 Å². The van der Waals surface area contributed by atoms with Crippen molar-refractivity contribution in [2.75, 3.05) is 11.9 Å². The first-order valence-corrected chi connectivity index (χ1v) is 8.07. The largest absolute Gasteiger partial charge is 0.377 e. The molecule has 4 nitrogen and oxygen atoms in total. The van der Waals surface area contributed by atoms with Gasteiger partial charge in [0.2, 0.25) is 5.91 Å². The Kier molecular flexibility index (Phi) is 3.57. The van der Waals surface area contributed by atoms with Gasteiger partial charge in [0.1, 0.15) is 5.54 Å². The van der Waals surface area contributed by atoms with E-state index >= 15 is 0 Å². The van der Waals surface area contributed by atoms with Crippen LogP contribution in [0.1, 0.15) is 37.8 Å². The van der Waals surface area contributed by atoms with Gasteiger partial charge in [-0.15, -0.1) is 0 Å². The molecule has 1 aromatic carbocycles. The fourth-order valence-electron chi connectivity index (χ4n) is 4.22. The first-order chi connectivity index (χ1) is 10.3. The molecule has 1 amide bonds. The van der Waals surface area contributed by atoms with Crippen LogP contribution in [0.5, 0.6) is 0 Å². The molecule has 4 heteroatoms. The first kappa shape index (κ1) is 15.5. The van der Waals surface area contributed by atoms with E-state index in [1.165, 1.54) is 5.56 Å². The number of nitrogens with one attached hydrogen (secondary N) is 1. The highest BCUT2D eigenvalue weighted by molar-refractivity contribution is 6.00. The van der Waals surface area contributed by atoms with Gasteiger partial charge >= 0.3 is 0 Å². The summed E-state index contributed by atoms with van der Waals surface area (Å²) in [5, 5.41) is 3.05. The minimum atomic E-state index is -0.866. The Morgan fingerprint density at radius 3 is 2.77 bits per heavy atom. The van der Waals surface area contributed by atoms with E-state index in [-0.39, 0.29) is 23.3 Å². The third-order valence-electron chi connectivity index (χ3n) is 5.69. The number of fused-ring (bicyclic) bond motifs is 1. The molecule has 0 aromatic heterocycles. The minimum Gasteiger partial charge on any atom is -0.377 e. The number of nitrogens with two attached hydrogens (primary N) is 1. The van der Waals surface area contributed by atoms with E-state index in [0.29, 0.717) is 0 Å². The Morgan fingerprint density at radius 1 is 1.36 bits per heavy atom. The summed E-state index contributed by atoms with van der Waals surface area (Å²) in [6.45, 7) is 8.91. The predicted molar refractivity (Wildman–Crippen MR) is 87.7 cm³/mol. The lowest BCUT2D eigenvalue weighted by Crippen LogP contribution is -2.81. The Balaban J connectivity index is 1.84. The first-order valence-electron chi connectivity index (χ1n) is 8.07. The molecule has 1 aromatic rings. The second-order valence-electron chi connectivity index (χ2n) is 7.40. The fraction of sp³-hybridized carbons (Fsp3) is 0.611. The normalized spacial score (nSPS) is 32.8. The number of rotatable bonds is 2. The summed E-state index contributed by atoms with van der Waals surface area (Å²) in [5.74, 6) is 0.0261. The molecule has 0 bridgehead atoms. The highest BCUT2D eigenvalue weighted by atomic mass is 16.5. The smallest absolute Gasteiger partial charge is 0.245 e. The van der Waals surface area contributed by atoms with Gasteiger partial charge in [0.05, 0.1) is 6.10 Å². The standard InChI is InChI=1S/C18H26N2O2/c1-11-7-8-14(12(2)10-11)20-16(21)18(19)13-6-5-9-22-15(13)17(18,3)4/h7-8,10,13,15H,5-6,9,19H2,1-4H3,(H,20,21). The SMILES string of the molecule is Cc1ccc(NC(=O)C2(N)C3CCCOC3C2(C)C)c(C)c1. The summed E-state index contributed by atoms with van der Waals surface area (Å²) in [6.07, 6.45) is 2.04. The van der Waals surface area contributed by atoms with E-state index < -0.39 is 5.54 Å². The summed E-state index contributed by atoms with van der Waals surface area (Å²) >= 11 is 0. The van der Waals surface area contributed by atoms with Crippen LogP contribution in [0.4, 0.5) is 5.69 Å². The van der Waals surface area contributed by atoms with Gasteiger partial charge in [-0.3, -0.25) is 4.79 Å². The predicted octanol–water partition coefficient (Wildman–Crippen LogP) is 2.77. The number of benzene rings is 1. The number of amides is 1. The van der Waals surface area contributed by atoms with Gasteiger partial charge in [-0.1, -0.05) is 31.5 Å². The van der Waals surface area contributed by atoms with Gasteiger partial charge in [0.25, 0.3) is 0 Å². The molecule has 1 aliphatic carbocycles. The van der Waals surface area contributed by atoms with E-state index in [0.717, 1.165) is 30.7 Å². The minimum absolute atomic E-state index is 0.0868. The fourth-order valence-corrected chi connectivity index (χ4v) is 4.22. The Labute approximate surface area is 132 Å². The molecular formula is C18H26N2O2. The molecule has 3 atom stereocenters. The Hall–Kier alpha value is -1.39. The van der Waals surface area contributed by atoms with E-state index in [1.54, 1.807) is 0 Å². The molecule has 3 rings (SSSR count). The van der Waals surface area contributed by atoms with Crippen LogP contribution in [0.25, 0.3) is 0 Å². The molecule has 2 aliphatic rings. The van der Waals surface area contributed by atoms with Crippen molar-refractivity contribution in [2.45, 2.75) is 52.2 Å². The van der Waals surface area contributed by atoms with Gasteiger partial charge in [-0.2, -0.15) is 0 Å². The molecule has 1 saturated carbocycles. The lowest BCUT2D eigenvalue weighted by molar-refractivity contribution is -0.222. The van der Waals surface area contributed by atoms with Crippen molar-refractivity contribution < 1.29 is 9.53 Å². The van der Waals surface area contributed by atoms with Gasteiger partial charge < -0.3 is 15.8 Å². The molecule has 1 aliphatic heterocycles. The summed E-state index contributed by atoms with van der Waals surface area (Å²) in [4.78, 5) is 12.9. The van der Waals surface area contributed by atoms with E-state index in [2.05, 4.69) is 11.4 Å². The lowest BCUT2D eigenvalue weighted by atomic mass is 9.46. The van der Waals surface area contributed by atoms with Crippen molar-refractivity contribution in [3.8, 4) is 0 Å². The van der Waals surface area contributed by atoms with Crippen molar-refractivity contribution in [1.29, 1.82) is 0 Å². The maximum Gasteiger partial charge on any atom is 0.245 e. The molecule has 22 heavy (non-hydrogen) atoms. The Bertz CT molecular complexity index is 611. The topological polar surface area (TPSA) is 64.4 Å². The number of aryl methyl sites for hydroxylation is 2. The third-order valence-corrected chi connectivity index (χ3v) is 5.69. The highest BCUT2D eigenvalue weighted by Crippen LogP contribution is 2.57. The van der Waals surface area contributed by atoms with Crippen LogP contribution in [-0.2, 0) is 9.53 Å². The quantitative estimate of drug-likeness (QED) is 0.883. The number of anilines is 1. The third kappa shape index (κ3) is 2.01. The zero-order valence-electron chi connectivity index (χ0n) is 13.9. The van der Waals surface area contributed by atoms with E-state index in [9.17, 15) is 4.79 Å². The van der Waals surface area contributed by atoms with Gasteiger partial charge in [0, 0.05) is 23.6 Å². The number of hydrogen-bond donors (Lipinski definition) is 2. The van der Waals surface area contributed by atoms with Crippen LogP contribution in [0.3, 0.4) is 0 Å². The van der Waals surface area contributed by atoms with E-state index in [4.69, 9.17) is 10.5 Å². The molecule has 2 fully saturated rings. The molecule has 0 spiro atoms.